The van der Waals surface area contributed by atoms with E-state index in [1.165, 1.54) is 83.1 Å². The van der Waals surface area contributed by atoms with Gasteiger partial charge in [-0.25, -0.2) is 0 Å². The highest BCUT2D eigenvalue weighted by Crippen LogP contribution is 2.50. The topological polar surface area (TPSA) is 4.93 Å². The molecule has 6 aromatic rings. The lowest BCUT2D eigenvalue weighted by atomic mass is 9.90. The third-order valence-electron chi connectivity index (χ3n) is 8.44. The van der Waals surface area contributed by atoms with Crippen LogP contribution in [-0.4, -0.2) is 4.57 Å². The van der Waals surface area contributed by atoms with E-state index in [-0.39, 0.29) is 0 Å². The summed E-state index contributed by atoms with van der Waals surface area (Å²) in [6, 6.07) is 34.4. The zero-order valence-corrected chi connectivity index (χ0v) is 18.7. The molecule has 0 atom stereocenters. The van der Waals surface area contributed by atoms with Crippen LogP contribution in [0.15, 0.2) is 91.0 Å². The van der Waals surface area contributed by atoms with Crippen LogP contribution in [0, 0.1) is 0 Å². The van der Waals surface area contributed by atoms with E-state index in [4.69, 9.17) is 0 Å². The number of benzene rings is 5. The number of hydrogen-bond acceptors (Lipinski definition) is 0. The second kappa shape index (κ2) is 5.87. The lowest BCUT2D eigenvalue weighted by molar-refractivity contribution is 1.04. The highest BCUT2D eigenvalue weighted by Gasteiger charge is 2.31. The van der Waals surface area contributed by atoms with E-state index >= 15 is 0 Å². The van der Waals surface area contributed by atoms with Gasteiger partial charge in [0.25, 0.3) is 0 Å². The van der Waals surface area contributed by atoms with Crippen LogP contribution in [0.1, 0.15) is 33.4 Å². The average Bonchev–Trinajstić information content (AvgIpc) is 3.54. The molecule has 9 rings (SSSR count). The maximum Gasteiger partial charge on any atom is 0.0622 e. The highest BCUT2D eigenvalue weighted by molar-refractivity contribution is 6.16. The predicted octanol–water partition coefficient (Wildman–Crippen LogP) is 7.83. The first-order valence-electron chi connectivity index (χ1n) is 12.3. The molecule has 0 spiro atoms. The summed E-state index contributed by atoms with van der Waals surface area (Å²) in [5, 5.41) is 2.76. The standard InChI is InChI=1S/C33H21N/c1-3-9-24-19(6-1)16-21-13-15-29-28(30(21)24)18-23-8-5-11-26-27-14-12-22-17-20-7-2-4-10-25(20)31(22)33(27)34(29)32(23)26/h1-15H,16-18H2. The van der Waals surface area contributed by atoms with Crippen molar-refractivity contribution in [1.82, 2.24) is 4.57 Å². The molecule has 1 aromatic heterocycles. The van der Waals surface area contributed by atoms with Gasteiger partial charge in [0.15, 0.2) is 0 Å². The average molecular weight is 432 g/mol. The maximum absolute atomic E-state index is 2.61. The minimum absolute atomic E-state index is 0.999. The molecule has 3 aliphatic rings. The van der Waals surface area contributed by atoms with E-state index in [0.29, 0.717) is 0 Å². The molecule has 158 valence electrons. The van der Waals surface area contributed by atoms with Crippen LogP contribution < -0.4 is 0 Å². The van der Waals surface area contributed by atoms with Gasteiger partial charge in [-0.1, -0.05) is 84.9 Å². The van der Waals surface area contributed by atoms with Crippen molar-refractivity contribution in [2.75, 3.05) is 0 Å². The Bertz CT molecular complexity index is 1880. The van der Waals surface area contributed by atoms with Gasteiger partial charge in [-0.05, 0) is 69.0 Å². The zero-order valence-electron chi connectivity index (χ0n) is 18.7. The van der Waals surface area contributed by atoms with Crippen LogP contribution in [0.3, 0.4) is 0 Å². The van der Waals surface area contributed by atoms with Gasteiger partial charge in [-0.3, -0.25) is 0 Å². The number of rotatable bonds is 0. The van der Waals surface area contributed by atoms with Gasteiger partial charge >= 0.3 is 0 Å². The van der Waals surface area contributed by atoms with Crippen molar-refractivity contribution in [1.29, 1.82) is 0 Å². The summed E-state index contributed by atoms with van der Waals surface area (Å²) in [4.78, 5) is 0. The summed E-state index contributed by atoms with van der Waals surface area (Å²) in [7, 11) is 0. The number of fused-ring (bicyclic) bond motifs is 13. The van der Waals surface area contributed by atoms with Crippen molar-refractivity contribution in [3.8, 4) is 27.9 Å². The van der Waals surface area contributed by atoms with Crippen LogP contribution in [0.2, 0.25) is 0 Å². The van der Waals surface area contributed by atoms with Crippen molar-refractivity contribution in [3.63, 3.8) is 0 Å². The normalized spacial score (nSPS) is 14.1. The van der Waals surface area contributed by atoms with E-state index < -0.39 is 0 Å². The molecule has 0 fully saturated rings. The third-order valence-corrected chi connectivity index (χ3v) is 8.44. The Balaban J connectivity index is 1.48. The van der Waals surface area contributed by atoms with E-state index in [2.05, 4.69) is 95.6 Å². The molecular weight excluding hydrogens is 410 g/mol. The van der Waals surface area contributed by atoms with E-state index in [0.717, 1.165) is 19.3 Å². The number of nitrogens with zero attached hydrogens (tertiary/aromatic N) is 1. The summed E-state index contributed by atoms with van der Waals surface area (Å²) in [5.41, 5.74) is 18.7. The minimum Gasteiger partial charge on any atom is -0.308 e. The Morgan fingerprint density at radius 1 is 0.441 bits per heavy atom. The van der Waals surface area contributed by atoms with Crippen molar-refractivity contribution < 1.29 is 0 Å². The van der Waals surface area contributed by atoms with Crippen LogP contribution in [0.5, 0.6) is 0 Å². The number of hydrogen-bond donors (Lipinski definition) is 0. The van der Waals surface area contributed by atoms with Crippen LogP contribution >= 0.6 is 0 Å². The van der Waals surface area contributed by atoms with Crippen molar-refractivity contribution in [2.45, 2.75) is 19.3 Å². The van der Waals surface area contributed by atoms with Gasteiger partial charge < -0.3 is 4.57 Å². The van der Waals surface area contributed by atoms with Gasteiger partial charge in [-0.15, -0.1) is 0 Å². The summed E-state index contributed by atoms with van der Waals surface area (Å²) < 4.78 is 2.61. The molecular formula is C33H21N. The number of aromatic nitrogens is 1. The summed E-state index contributed by atoms with van der Waals surface area (Å²) in [6.45, 7) is 0. The Morgan fingerprint density at radius 3 is 1.91 bits per heavy atom. The monoisotopic (exact) mass is 431 g/mol. The molecule has 0 unspecified atom stereocenters. The van der Waals surface area contributed by atoms with E-state index in [9.17, 15) is 0 Å². The Hall–Kier alpha value is -4.10. The molecule has 0 amide bonds. The molecule has 34 heavy (non-hydrogen) atoms. The first kappa shape index (κ1) is 17.4. The zero-order chi connectivity index (χ0) is 22.0. The molecule has 1 heteroatoms. The second-order valence-electron chi connectivity index (χ2n) is 10.1. The SMILES string of the molecule is c1ccc2c(c1)Cc1ccc3c(c1-2)Cc1cccc2c4ccc5c(c4n-3c12)-c1ccccc1C5. The van der Waals surface area contributed by atoms with Gasteiger partial charge in [0.2, 0.25) is 0 Å². The second-order valence-corrected chi connectivity index (χ2v) is 10.1. The summed E-state index contributed by atoms with van der Waals surface area (Å²) in [5.74, 6) is 0. The molecule has 0 bridgehead atoms. The van der Waals surface area contributed by atoms with Gasteiger partial charge in [0.05, 0.1) is 16.7 Å². The first-order chi connectivity index (χ1) is 16.9. The first-order valence-corrected chi connectivity index (χ1v) is 12.3. The predicted molar refractivity (Wildman–Crippen MR) is 140 cm³/mol. The Kier molecular flexibility index (Phi) is 3.00. The molecule has 0 radical (unpaired) electrons. The molecule has 0 N–H and O–H groups in total. The fourth-order valence-corrected chi connectivity index (χ4v) is 7.09. The molecule has 1 nitrogen and oxygen atoms in total. The van der Waals surface area contributed by atoms with Gasteiger partial charge in [-0.2, -0.15) is 0 Å². The Labute approximate surface area is 197 Å². The third kappa shape index (κ3) is 1.94. The molecule has 0 saturated heterocycles. The lowest BCUT2D eigenvalue weighted by Gasteiger charge is -2.24. The van der Waals surface area contributed by atoms with E-state index in [1.54, 1.807) is 0 Å². The lowest BCUT2D eigenvalue weighted by Crippen LogP contribution is -2.10. The minimum atomic E-state index is 0.999. The van der Waals surface area contributed by atoms with Crippen LogP contribution in [-0.2, 0) is 19.3 Å². The van der Waals surface area contributed by atoms with Crippen molar-refractivity contribution >= 4 is 21.8 Å². The molecule has 5 aromatic carbocycles. The quantitative estimate of drug-likeness (QED) is 0.231. The highest BCUT2D eigenvalue weighted by atomic mass is 15.0. The smallest absolute Gasteiger partial charge is 0.0622 e. The molecule has 0 saturated carbocycles. The molecule has 1 aliphatic heterocycles. The van der Waals surface area contributed by atoms with Crippen molar-refractivity contribution in [3.05, 3.63) is 124 Å². The fraction of sp³-hybridized carbons (Fsp3) is 0.0909. The Morgan fingerprint density at radius 2 is 1.09 bits per heavy atom. The van der Waals surface area contributed by atoms with Gasteiger partial charge in [0, 0.05) is 22.8 Å². The van der Waals surface area contributed by atoms with Crippen molar-refractivity contribution in [2.24, 2.45) is 0 Å². The fourth-order valence-electron chi connectivity index (χ4n) is 7.09. The van der Waals surface area contributed by atoms with E-state index in [1.807, 2.05) is 0 Å². The largest absolute Gasteiger partial charge is 0.308 e. The summed E-state index contributed by atoms with van der Waals surface area (Å²) in [6.07, 6.45) is 3.07. The van der Waals surface area contributed by atoms with Gasteiger partial charge in [0.1, 0.15) is 0 Å². The van der Waals surface area contributed by atoms with Crippen LogP contribution in [0.4, 0.5) is 0 Å². The maximum atomic E-state index is 2.61. The number of para-hydroxylation sites is 1. The molecule has 2 aliphatic carbocycles. The molecule has 2 heterocycles. The van der Waals surface area contributed by atoms with Crippen LogP contribution in [0.25, 0.3) is 49.7 Å². The summed E-state index contributed by atoms with van der Waals surface area (Å²) >= 11 is 0.